The van der Waals surface area contributed by atoms with E-state index in [0.29, 0.717) is 11.6 Å². The van der Waals surface area contributed by atoms with Gasteiger partial charge in [0.05, 0.1) is 22.3 Å². The van der Waals surface area contributed by atoms with Crippen LogP contribution in [-0.2, 0) is 0 Å². The molecule has 112 valence electrons. The molecule has 0 spiro atoms. The highest BCUT2D eigenvalue weighted by molar-refractivity contribution is 7.09. The molecule has 1 aromatic carbocycles. The maximum Gasteiger partial charge on any atom is 0.254 e. The van der Waals surface area contributed by atoms with E-state index in [4.69, 9.17) is 0 Å². The van der Waals surface area contributed by atoms with Crippen LogP contribution in [0.1, 0.15) is 53.8 Å². The molecule has 1 atom stereocenters. The molecule has 0 unspecified atom stereocenters. The van der Waals surface area contributed by atoms with Gasteiger partial charge in [0.25, 0.3) is 5.91 Å². The van der Waals surface area contributed by atoms with Crippen molar-refractivity contribution in [1.82, 2.24) is 10.3 Å². The van der Waals surface area contributed by atoms with E-state index in [1.54, 1.807) is 6.92 Å². The van der Waals surface area contributed by atoms with Gasteiger partial charge in [-0.2, -0.15) is 0 Å². The Labute approximate surface area is 126 Å². The fourth-order valence-electron chi connectivity index (χ4n) is 1.79. The first-order valence-corrected chi connectivity index (χ1v) is 7.48. The van der Waals surface area contributed by atoms with Crippen molar-refractivity contribution in [3.8, 4) is 0 Å². The van der Waals surface area contributed by atoms with Crippen LogP contribution in [-0.4, -0.2) is 10.9 Å². The van der Waals surface area contributed by atoms with Crippen molar-refractivity contribution < 1.29 is 13.6 Å². The summed E-state index contributed by atoms with van der Waals surface area (Å²) in [6.07, 6.45) is 0. The van der Waals surface area contributed by atoms with E-state index >= 15 is 0 Å². The summed E-state index contributed by atoms with van der Waals surface area (Å²) >= 11 is 1.52. The van der Waals surface area contributed by atoms with Crippen LogP contribution in [0, 0.1) is 11.6 Å². The molecule has 0 bridgehead atoms. The number of nitrogens with zero attached hydrogens (tertiary/aromatic N) is 1. The van der Waals surface area contributed by atoms with Gasteiger partial charge >= 0.3 is 0 Å². The van der Waals surface area contributed by atoms with Crippen LogP contribution < -0.4 is 5.32 Å². The van der Waals surface area contributed by atoms with E-state index in [9.17, 15) is 13.6 Å². The minimum atomic E-state index is -1.14. The molecule has 2 aromatic rings. The van der Waals surface area contributed by atoms with Crippen molar-refractivity contribution in [3.05, 3.63) is 51.5 Å². The lowest BCUT2D eigenvalue weighted by Gasteiger charge is -2.12. The highest BCUT2D eigenvalue weighted by Crippen LogP contribution is 2.23. The Bertz CT molecular complexity index is 655. The van der Waals surface area contributed by atoms with Gasteiger partial charge < -0.3 is 5.32 Å². The van der Waals surface area contributed by atoms with Crippen molar-refractivity contribution in [2.45, 2.75) is 32.7 Å². The average Bonchev–Trinajstić information content (AvgIpc) is 2.91. The maximum atomic E-state index is 13.6. The van der Waals surface area contributed by atoms with Crippen molar-refractivity contribution in [2.75, 3.05) is 0 Å². The van der Waals surface area contributed by atoms with Gasteiger partial charge in [-0.25, -0.2) is 13.8 Å². The lowest BCUT2D eigenvalue weighted by atomic mass is 10.1. The van der Waals surface area contributed by atoms with Crippen LogP contribution in [0.25, 0.3) is 0 Å². The topological polar surface area (TPSA) is 42.0 Å². The molecule has 1 N–H and O–H groups in total. The Morgan fingerprint density at radius 3 is 2.62 bits per heavy atom. The third kappa shape index (κ3) is 3.44. The highest BCUT2D eigenvalue weighted by atomic mass is 32.1. The lowest BCUT2D eigenvalue weighted by molar-refractivity contribution is 0.0934. The van der Waals surface area contributed by atoms with Crippen LogP contribution in [0.4, 0.5) is 8.78 Å². The molecule has 0 aliphatic heterocycles. The van der Waals surface area contributed by atoms with Crippen LogP contribution in [0.15, 0.2) is 23.6 Å². The summed E-state index contributed by atoms with van der Waals surface area (Å²) in [6, 6.07) is 3.16. The van der Waals surface area contributed by atoms with Gasteiger partial charge in [0.15, 0.2) is 11.6 Å². The van der Waals surface area contributed by atoms with Gasteiger partial charge in [0.1, 0.15) is 0 Å². The molecule has 0 saturated carbocycles. The SMILES string of the molecule is CC(C)c1nc([C@@H](C)NC(=O)c2cccc(F)c2F)cs1. The summed E-state index contributed by atoms with van der Waals surface area (Å²) in [5, 5.41) is 5.47. The normalized spacial score (nSPS) is 12.5. The fourth-order valence-corrected chi connectivity index (χ4v) is 2.72. The van der Waals surface area contributed by atoms with Crippen LogP contribution in [0.3, 0.4) is 0 Å². The van der Waals surface area contributed by atoms with Crippen molar-refractivity contribution in [3.63, 3.8) is 0 Å². The summed E-state index contributed by atoms with van der Waals surface area (Å²) < 4.78 is 26.7. The molecule has 2 rings (SSSR count). The molecular weight excluding hydrogens is 294 g/mol. The molecular formula is C15H16F2N2OS. The van der Waals surface area contributed by atoms with Gasteiger partial charge in [0, 0.05) is 11.3 Å². The van der Waals surface area contributed by atoms with E-state index in [-0.39, 0.29) is 11.6 Å². The maximum absolute atomic E-state index is 13.6. The number of nitrogens with one attached hydrogen (secondary N) is 1. The molecule has 0 saturated heterocycles. The summed E-state index contributed by atoms with van der Waals surface area (Å²) in [5.74, 6) is -2.51. The zero-order valence-electron chi connectivity index (χ0n) is 12.0. The summed E-state index contributed by atoms with van der Waals surface area (Å²) in [4.78, 5) is 16.4. The predicted molar refractivity (Wildman–Crippen MR) is 78.4 cm³/mol. The second-order valence-corrected chi connectivity index (χ2v) is 5.95. The molecule has 0 aliphatic carbocycles. The number of benzene rings is 1. The average molecular weight is 310 g/mol. The van der Waals surface area contributed by atoms with E-state index in [2.05, 4.69) is 10.3 Å². The summed E-state index contributed by atoms with van der Waals surface area (Å²) in [5.41, 5.74) is 0.412. The second-order valence-electron chi connectivity index (χ2n) is 5.06. The molecule has 1 amide bonds. The lowest BCUT2D eigenvalue weighted by Crippen LogP contribution is -2.28. The van der Waals surface area contributed by atoms with E-state index in [0.717, 1.165) is 11.1 Å². The second kappa shape index (κ2) is 6.30. The van der Waals surface area contributed by atoms with Crippen molar-refractivity contribution in [2.24, 2.45) is 0 Å². The first-order valence-electron chi connectivity index (χ1n) is 6.60. The summed E-state index contributed by atoms with van der Waals surface area (Å²) in [6.45, 7) is 5.83. The van der Waals surface area contributed by atoms with Crippen LogP contribution >= 0.6 is 11.3 Å². The largest absolute Gasteiger partial charge is 0.344 e. The quantitative estimate of drug-likeness (QED) is 0.926. The number of carbonyl (C=O) groups is 1. The van der Waals surface area contributed by atoms with Crippen LogP contribution in [0.5, 0.6) is 0 Å². The molecule has 0 fully saturated rings. The van der Waals surface area contributed by atoms with Gasteiger partial charge in [-0.15, -0.1) is 11.3 Å². The van der Waals surface area contributed by atoms with E-state index < -0.39 is 17.5 Å². The number of hydrogen-bond acceptors (Lipinski definition) is 3. The van der Waals surface area contributed by atoms with E-state index in [1.165, 1.54) is 23.5 Å². The minimum Gasteiger partial charge on any atom is -0.344 e. The highest BCUT2D eigenvalue weighted by Gasteiger charge is 2.19. The number of carbonyl (C=O) groups excluding carboxylic acids is 1. The van der Waals surface area contributed by atoms with Crippen molar-refractivity contribution >= 4 is 17.2 Å². The van der Waals surface area contributed by atoms with Gasteiger partial charge in [-0.3, -0.25) is 4.79 Å². The molecule has 1 aromatic heterocycles. The number of hydrogen-bond donors (Lipinski definition) is 1. The molecule has 0 aliphatic rings. The van der Waals surface area contributed by atoms with Gasteiger partial charge in [-0.1, -0.05) is 19.9 Å². The standard InChI is InChI=1S/C15H16F2N2OS/c1-8(2)15-19-12(7-21-15)9(3)18-14(20)10-5-4-6-11(16)13(10)17/h4-9H,1-3H3,(H,18,20)/t9-/m1/s1. The first-order chi connectivity index (χ1) is 9.90. The monoisotopic (exact) mass is 310 g/mol. The number of rotatable bonds is 4. The minimum absolute atomic E-state index is 0.304. The predicted octanol–water partition coefficient (Wildman–Crippen LogP) is 4.04. The molecule has 0 radical (unpaired) electrons. The Morgan fingerprint density at radius 1 is 1.29 bits per heavy atom. The Hall–Kier alpha value is -1.82. The third-order valence-electron chi connectivity index (χ3n) is 3.02. The van der Waals surface area contributed by atoms with Crippen LogP contribution in [0.2, 0.25) is 0 Å². The fraction of sp³-hybridized carbons (Fsp3) is 0.333. The Morgan fingerprint density at radius 2 is 2.00 bits per heavy atom. The van der Waals surface area contributed by atoms with Gasteiger partial charge in [0.2, 0.25) is 0 Å². The van der Waals surface area contributed by atoms with Gasteiger partial charge in [-0.05, 0) is 19.1 Å². The Kier molecular flexibility index (Phi) is 4.67. The molecule has 6 heteroatoms. The molecule has 21 heavy (non-hydrogen) atoms. The first kappa shape index (κ1) is 15.6. The zero-order valence-corrected chi connectivity index (χ0v) is 12.8. The number of thiazole rings is 1. The van der Waals surface area contributed by atoms with Crippen molar-refractivity contribution in [1.29, 1.82) is 0 Å². The number of aromatic nitrogens is 1. The smallest absolute Gasteiger partial charge is 0.254 e. The summed E-state index contributed by atoms with van der Waals surface area (Å²) in [7, 11) is 0. The Balaban J connectivity index is 2.13. The molecule has 1 heterocycles. The number of amides is 1. The number of halogens is 2. The molecule has 3 nitrogen and oxygen atoms in total. The zero-order chi connectivity index (χ0) is 15.6. The third-order valence-corrected chi connectivity index (χ3v) is 4.18. The van der Waals surface area contributed by atoms with E-state index in [1.807, 2.05) is 19.2 Å².